The van der Waals surface area contributed by atoms with E-state index in [4.69, 9.17) is 5.73 Å². The lowest BCUT2D eigenvalue weighted by atomic mass is 9.91. The third-order valence-corrected chi connectivity index (χ3v) is 4.58. The van der Waals surface area contributed by atoms with Gasteiger partial charge >= 0.3 is 0 Å². The zero-order chi connectivity index (χ0) is 13.7. The fourth-order valence-electron chi connectivity index (χ4n) is 3.55. The van der Waals surface area contributed by atoms with E-state index in [1.165, 1.54) is 43.2 Å². The van der Waals surface area contributed by atoms with Crippen LogP contribution in [0.4, 0.5) is 0 Å². The normalized spacial score (nSPS) is 18.7. The molecule has 0 heterocycles. The Bertz CT molecular complexity index is 383. The van der Waals surface area contributed by atoms with E-state index in [0.717, 1.165) is 19.1 Å². The number of likely N-dealkylation sites (N-methyl/N-ethyl adjacent to an activating group) is 1. The largest absolute Gasteiger partial charge is 0.329 e. The highest BCUT2D eigenvalue weighted by molar-refractivity contribution is 5.29. The highest BCUT2D eigenvalue weighted by Gasteiger charge is 2.27. The van der Waals surface area contributed by atoms with Gasteiger partial charge in [-0.05, 0) is 37.4 Å². The molecular weight excluding hydrogens is 232 g/mol. The minimum absolute atomic E-state index is 0.384. The maximum absolute atomic E-state index is 6.12. The molecule has 0 amide bonds. The summed E-state index contributed by atoms with van der Waals surface area (Å²) in [6.45, 7) is 6.29. The van der Waals surface area contributed by atoms with E-state index in [9.17, 15) is 0 Å². The van der Waals surface area contributed by atoms with Crippen LogP contribution >= 0.6 is 0 Å². The van der Waals surface area contributed by atoms with E-state index in [2.05, 4.69) is 43.0 Å². The molecule has 1 aliphatic rings. The Morgan fingerprint density at radius 3 is 2.47 bits per heavy atom. The van der Waals surface area contributed by atoms with E-state index in [-0.39, 0.29) is 0 Å². The molecule has 0 saturated heterocycles. The molecule has 0 bridgehead atoms. The second-order valence-electron chi connectivity index (χ2n) is 5.73. The van der Waals surface area contributed by atoms with E-state index < -0.39 is 0 Å². The van der Waals surface area contributed by atoms with Gasteiger partial charge in [-0.15, -0.1) is 0 Å². The number of hydrogen-bond donors (Lipinski definition) is 1. The van der Waals surface area contributed by atoms with E-state index in [1.54, 1.807) is 0 Å². The first-order valence-electron chi connectivity index (χ1n) is 7.79. The van der Waals surface area contributed by atoms with Crippen LogP contribution in [0.1, 0.15) is 56.2 Å². The zero-order valence-corrected chi connectivity index (χ0v) is 12.4. The first-order chi connectivity index (χ1) is 9.27. The van der Waals surface area contributed by atoms with Gasteiger partial charge in [-0.25, -0.2) is 0 Å². The van der Waals surface area contributed by atoms with Crippen LogP contribution in [0.2, 0.25) is 0 Å². The lowest BCUT2D eigenvalue weighted by Crippen LogP contribution is -2.42. The van der Waals surface area contributed by atoms with Gasteiger partial charge in [0.2, 0.25) is 0 Å². The summed E-state index contributed by atoms with van der Waals surface area (Å²) in [4.78, 5) is 2.64. The van der Waals surface area contributed by atoms with Crippen molar-refractivity contribution in [2.45, 2.75) is 58.0 Å². The Morgan fingerprint density at radius 1 is 1.21 bits per heavy atom. The van der Waals surface area contributed by atoms with Gasteiger partial charge < -0.3 is 5.73 Å². The van der Waals surface area contributed by atoms with Gasteiger partial charge in [0.05, 0.1) is 0 Å². The predicted octanol–water partition coefficient (Wildman–Crippen LogP) is 3.65. The highest BCUT2D eigenvalue weighted by atomic mass is 15.2. The van der Waals surface area contributed by atoms with E-state index in [0.29, 0.717) is 6.04 Å². The van der Waals surface area contributed by atoms with E-state index >= 15 is 0 Å². The van der Waals surface area contributed by atoms with Crippen molar-refractivity contribution in [1.82, 2.24) is 4.90 Å². The summed E-state index contributed by atoms with van der Waals surface area (Å²) in [5.41, 5.74) is 8.90. The van der Waals surface area contributed by atoms with Crippen molar-refractivity contribution < 1.29 is 0 Å². The van der Waals surface area contributed by atoms with Crippen molar-refractivity contribution in [2.24, 2.45) is 5.73 Å². The van der Waals surface area contributed by atoms with Crippen molar-refractivity contribution in [3.63, 3.8) is 0 Å². The Labute approximate surface area is 118 Å². The maximum atomic E-state index is 6.12. The molecule has 2 rings (SSSR count). The molecule has 1 aromatic rings. The van der Waals surface area contributed by atoms with Crippen molar-refractivity contribution in [2.75, 3.05) is 13.1 Å². The van der Waals surface area contributed by atoms with Gasteiger partial charge in [0.1, 0.15) is 0 Å². The number of benzene rings is 1. The lowest BCUT2D eigenvalue weighted by molar-refractivity contribution is 0.113. The second kappa shape index (κ2) is 7.06. The zero-order valence-electron chi connectivity index (χ0n) is 12.4. The monoisotopic (exact) mass is 260 g/mol. The van der Waals surface area contributed by atoms with Crippen LogP contribution in [0.5, 0.6) is 0 Å². The molecule has 0 spiro atoms. The van der Waals surface area contributed by atoms with Crippen molar-refractivity contribution in [3.8, 4) is 0 Å². The van der Waals surface area contributed by atoms with Crippen LogP contribution in [0.15, 0.2) is 24.3 Å². The fourth-order valence-corrected chi connectivity index (χ4v) is 3.55. The van der Waals surface area contributed by atoms with Gasteiger partial charge in [-0.2, -0.15) is 0 Å². The Kier molecular flexibility index (Phi) is 5.41. The average molecular weight is 260 g/mol. The van der Waals surface area contributed by atoms with Gasteiger partial charge in [0.25, 0.3) is 0 Å². The number of nitrogens with zero attached hydrogens (tertiary/aromatic N) is 1. The topological polar surface area (TPSA) is 29.3 Å². The van der Waals surface area contributed by atoms with Crippen molar-refractivity contribution in [3.05, 3.63) is 35.4 Å². The Hall–Kier alpha value is -0.860. The van der Waals surface area contributed by atoms with Gasteiger partial charge in [0, 0.05) is 18.6 Å². The van der Waals surface area contributed by atoms with Crippen LogP contribution in [0.3, 0.4) is 0 Å². The van der Waals surface area contributed by atoms with Gasteiger partial charge in [0.15, 0.2) is 0 Å². The maximum Gasteiger partial charge on any atom is 0.0475 e. The standard InChI is InChI=1S/C17H28N2/c1-3-19(15-10-5-4-6-11-15)17(13-18)16-12-8-7-9-14(16)2/h7-9,12,15,17H,3-6,10-11,13,18H2,1-2H3. The number of rotatable bonds is 5. The van der Waals surface area contributed by atoms with Gasteiger partial charge in [-0.1, -0.05) is 50.5 Å². The molecule has 2 nitrogen and oxygen atoms in total. The molecule has 19 heavy (non-hydrogen) atoms. The molecule has 2 heteroatoms. The SMILES string of the molecule is CCN(C1CCCCC1)C(CN)c1ccccc1C. The molecule has 1 unspecified atom stereocenters. The molecule has 0 radical (unpaired) electrons. The van der Waals surface area contributed by atoms with Crippen LogP contribution in [0.25, 0.3) is 0 Å². The summed E-state index contributed by atoms with van der Waals surface area (Å²) < 4.78 is 0. The summed E-state index contributed by atoms with van der Waals surface area (Å²) >= 11 is 0. The molecule has 0 aliphatic heterocycles. The first kappa shape index (κ1) is 14.5. The van der Waals surface area contributed by atoms with Crippen LogP contribution in [0, 0.1) is 6.92 Å². The van der Waals surface area contributed by atoms with Crippen LogP contribution in [-0.2, 0) is 0 Å². The third-order valence-electron chi connectivity index (χ3n) is 4.58. The fraction of sp³-hybridized carbons (Fsp3) is 0.647. The first-order valence-corrected chi connectivity index (χ1v) is 7.79. The Morgan fingerprint density at radius 2 is 1.89 bits per heavy atom. The number of nitrogens with two attached hydrogens (primary N) is 1. The summed E-state index contributed by atoms with van der Waals surface area (Å²) in [6.07, 6.45) is 6.86. The summed E-state index contributed by atoms with van der Waals surface area (Å²) in [6, 6.07) is 9.81. The molecule has 106 valence electrons. The molecule has 1 aliphatic carbocycles. The number of aryl methyl sites for hydroxylation is 1. The third kappa shape index (κ3) is 3.37. The smallest absolute Gasteiger partial charge is 0.0475 e. The minimum atomic E-state index is 0.384. The Balaban J connectivity index is 2.20. The second-order valence-corrected chi connectivity index (χ2v) is 5.73. The quantitative estimate of drug-likeness (QED) is 0.875. The van der Waals surface area contributed by atoms with Crippen molar-refractivity contribution >= 4 is 0 Å². The van der Waals surface area contributed by atoms with Crippen LogP contribution in [-0.4, -0.2) is 24.0 Å². The highest BCUT2D eigenvalue weighted by Crippen LogP contribution is 2.30. The lowest BCUT2D eigenvalue weighted by Gasteiger charge is -2.39. The molecule has 1 atom stereocenters. The average Bonchev–Trinajstić information content (AvgIpc) is 2.46. The predicted molar refractivity (Wildman–Crippen MR) is 82.2 cm³/mol. The molecular formula is C17H28N2. The summed E-state index contributed by atoms with van der Waals surface area (Å²) in [5.74, 6) is 0. The van der Waals surface area contributed by atoms with Gasteiger partial charge in [-0.3, -0.25) is 4.90 Å². The minimum Gasteiger partial charge on any atom is -0.329 e. The number of hydrogen-bond acceptors (Lipinski definition) is 2. The molecule has 0 aromatic heterocycles. The molecule has 1 aromatic carbocycles. The summed E-state index contributed by atoms with van der Waals surface area (Å²) in [7, 11) is 0. The summed E-state index contributed by atoms with van der Waals surface area (Å²) in [5, 5.41) is 0. The molecule has 2 N–H and O–H groups in total. The van der Waals surface area contributed by atoms with E-state index in [1.807, 2.05) is 0 Å². The molecule has 1 saturated carbocycles. The van der Waals surface area contributed by atoms with Crippen molar-refractivity contribution in [1.29, 1.82) is 0 Å². The molecule has 1 fully saturated rings. The van der Waals surface area contributed by atoms with Crippen LogP contribution < -0.4 is 5.73 Å².